The smallest absolute Gasteiger partial charge is 0.172 e. The second-order valence-corrected chi connectivity index (χ2v) is 5.91. The van der Waals surface area contributed by atoms with Gasteiger partial charge in [-0.2, -0.15) is 0 Å². The Hall–Kier alpha value is -1.17. The molecular weight excluding hydrogens is 358 g/mol. The molecule has 20 heavy (non-hydrogen) atoms. The molecule has 1 aromatic heterocycles. The first kappa shape index (κ1) is 15.2. The van der Waals surface area contributed by atoms with E-state index in [0.717, 1.165) is 4.47 Å². The lowest BCUT2D eigenvalue weighted by atomic mass is 10.1. The van der Waals surface area contributed by atoms with Gasteiger partial charge < -0.3 is 10.6 Å². The fourth-order valence-electron chi connectivity index (χ4n) is 1.67. The largest absolute Gasteiger partial charge is 0.356 e. The number of hydrogen-bond acceptors (Lipinski definition) is 2. The number of halogens is 2. The van der Waals surface area contributed by atoms with Crippen molar-refractivity contribution in [3.05, 3.63) is 57.7 Å². The van der Waals surface area contributed by atoms with Crippen molar-refractivity contribution >= 4 is 50.7 Å². The summed E-state index contributed by atoms with van der Waals surface area (Å²) in [7, 11) is 0. The van der Waals surface area contributed by atoms with Crippen LogP contribution in [0.2, 0.25) is 5.02 Å². The maximum atomic E-state index is 5.85. The number of hydrogen-bond donors (Lipinski definition) is 2. The van der Waals surface area contributed by atoms with Gasteiger partial charge in [-0.1, -0.05) is 41.9 Å². The minimum absolute atomic E-state index is 0.113. The fraction of sp³-hybridized carbons (Fsp3) is 0.143. The molecule has 0 aliphatic carbocycles. The molecule has 104 valence electrons. The Morgan fingerprint density at radius 3 is 2.70 bits per heavy atom. The van der Waals surface area contributed by atoms with Crippen molar-refractivity contribution in [1.82, 2.24) is 10.3 Å². The average molecular weight is 371 g/mol. The first-order valence-corrected chi connectivity index (χ1v) is 7.57. The monoisotopic (exact) mass is 369 g/mol. The molecule has 2 N–H and O–H groups in total. The maximum absolute atomic E-state index is 5.85. The van der Waals surface area contributed by atoms with Gasteiger partial charge in [0.25, 0.3) is 0 Å². The van der Waals surface area contributed by atoms with Crippen LogP contribution in [-0.4, -0.2) is 10.1 Å². The lowest BCUT2D eigenvalue weighted by Crippen LogP contribution is -2.31. The van der Waals surface area contributed by atoms with Crippen LogP contribution in [0.25, 0.3) is 0 Å². The van der Waals surface area contributed by atoms with E-state index < -0.39 is 0 Å². The molecule has 0 aliphatic rings. The molecule has 0 radical (unpaired) electrons. The van der Waals surface area contributed by atoms with Gasteiger partial charge in [-0.15, -0.1) is 0 Å². The minimum Gasteiger partial charge on any atom is -0.356 e. The molecule has 0 saturated heterocycles. The number of nitrogens with one attached hydrogen (secondary N) is 2. The third-order valence-corrected chi connectivity index (χ3v) is 3.72. The Balaban J connectivity index is 1.99. The Kier molecular flexibility index (Phi) is 5.34. The fourth-order valence-corrected chi connectivity index (χ4v) is 2.68. The highest BCUT2D eigenvalue weighted by Gasteiger charge is 2.08. The van der Waals surface area contributed by atoms with Crippen molar-refractivity contribution in [3.8, 4) is 0 Å². The first-order valence-electron chi connectivity index (χ1n) is 6.00. The molecule has 0 bridgehead atoms. The van der Waals surface area contributed by atoms with Crippen molar-refractivity contribution in [2.24, 2.45) is 0 Å². The molecular formula is C14H13BrClN3S. The summed E-state index contributed by atoms with van der Waals surface area (Å²) in [6, 6.07) is 12.0. The zero-order valence-electron chi connectivity index (χ0n) is 10.7. The van der Waals surface area contributed by atoms with Gasteiger partial charge in [0, 0.05) is 6.20 Å². The number of benzene rings is 1. The maximum Gasteiger partial charge on any atom is 0.172 e. The van der Waals surface area contributed by atoms with Gasteiger partial charge in [0.1, 0.15) is 5.82 Å². The molecule has 1 aromatic carbocycles. The van der Waals surface area contributed by atoms with Crippen LogP contribution in [0.15, 0.2) is 47.1 Å². The molecule has 0 aliphatic heterocycles. The highest BCUT2D eigenvalue weighted by atomic mass is 79.9. The van der Waals surface area contributed by atoms with Gasteiger partial charge in [-0.05, 0) is 46.7 Å². The summed E-state index contributed by atoms with van der Waals surface area (Å²) in [5, 5.41) is 7.33. The van der Waals surface area contributed by atoms with E-state index in [2.05, 4.69) is 43.7 Å². The van der Waals surface area contributed by atoms with Gasteiger partial charge in [0.2, 0.25) is 0 Å². The molecule has 0 saturated carbocycles. The number of rotatable bonds is 3. The SMILES string of the molecule is CC(NC(=S)Nc1ncc(Cl)cc1Br)c1ccccc1. The first-order chi connectivity index (χ1) is 9.56. The van der Waals surface area contributed by atoms with Crippen LogP contribution in [0.1, 0.15) is 18.5 Å². The Morgan fingerprint density at radius 2 is 2.05 bits per heavy atom. The summed E-state index contributed by atoms with van der Waals surface area (Å²) in [5.74, 6) is 0.632. The van der Waals surface area contributed by atoms with E-state index in [1.165, 1.54) is 5.56 Å². The van der Waals surface area contributed by atoms with Crippen LogP contribution >= 0.6 is 39.7 Å². The van der Waals surface area contributed by atoms with Gasteiger partial charge in [0.05, 0.1) is 15.5 Å². The van der Waals surface area contributed by atoms with Crippen molar-refractivity contribution in [2.75, 3.05) is 5.32 Å². The Bertz CT molecular complexity index is 607. The molecule has 0 amide bonds. The molecule has 1 atom stereocenters. The van der Waals surface area contributed by atoms with Gasteiger partial charge >= 0.3 is 0 Å². The Labute approximate surface area is 136 Å². The van der Waals surface area contributed by atoms with Crippen molar-refractivity contribution < 1.29 is 0 Å². The van der Waals surface area contributed by atoms with Crippen molar-refractivity contribution in [2.45, 2.75) is 13.0 Å². The number of pyridine rings is 1. The quantitative estimate of drug-likeness (QED) is 0.778. The van der Waals surface area contributed by atoms with Crippen LogP contribution in [-0.2, 0) is 0 Å². The highest BCUT2D eigenvalue weighted by Crippen LogP contribution is 2.23. The van der Waals surface area contributed by atoms with E-state index >= 15 is 0 Å². The third-order valence-electron chi connectivity index (χ3n) is 2.69. The van der Waals surface area contributed by atoms with E-state index in [1.54, 1.807) is 12.3 Å². The minimum atomic E-state index is 0.113. The molecule has 3 nitrogen and oxygen atoms in total. The normalized spacial score (nSPS) is 11.8. The van der Waals surface area contributed by atoms with E-state index in [-0.39, 0.29) is 6.04 Å². The van der Waals surface area contributed by atoms with Crippen LogP contribution in [0.3, 0.4) is 0 Å². The van der Waals surface area contributed by atoms with E-state index in [1.807, 2.05) is 25.1 Å². The molecule has 6 heteroatoms. The summed E-state index contributed by atoms with van der Waals surface area (Å²) in [4.78, 5) is 4.18. The molecule has 0 spiro atoms. The molecule has 2 rings (SSSR count). The van der Waals surface area contributed by atoms with Crippen LogP contribution in [0.4, 0.5) is 5.82 Å². The summed E-state index contributed by atoms with van der Waals surface area (Å²) in [6.07, 6.45) is 1.57. The Morgan fingerprint density at radius 1 is 1.35 bits per heavy atom. The lowest BCUT2D eigenvalue weighted by Gasteiger charge is -2.17. The standard InChI is InChI=1S/C14H13BrClN3S/c1-9(10-5-3-2-4-6-10)18-14(20)19-13-12(15)7-11(16)8-17-13/h2-9H,1H3,(H2,17,18,19,20). The number of nitrogens with zero attached hydrogens (tertiary/aromatic N) is 1. The summed E-state index contributed by atoms with van der Waals surface area (Å²) in [6.45, 7) is 2.05. The van der Waals surface area contributed by atoms with E-state index in [4.69, 9.17) is 23.8 Å². The van der Waals surface area contributed by atoms with Gasteiger partial charge in [-0.3, -0.25) is 0 Å². The summed E-state index contributed by atoms with van der Waals surface area (Å²) < 4.78 is 0.765. The topological polar surface area (TPSA) is 37.0 Å². The summed E-state index contributed by atoms with van der Waals surface area (Å²) in [5.41, 5.74) is 1.17. The zero-order chi connectivity index (χ0) is 14.5. The number of thiocarbonyl (C=S) groups is 1. The van der Waals surface area contributed by atoms with E-state index in [9.17, 15) is 0 Å². The van der Waals surface area contributed by atoms with Crippen LogP contribution in [0.5, 0.6) is 0 Å². The predicted octanol–water partition coefficient (Wildman–Crippen LogP) is 4.55. The van der Waals surface area contributed by atoms with Crippen molar-refractivity contribution in [1.29, 1.82) is 0 Å². The molecule has 1 heterocycles. The molecule has 0 fully saturated rings. The van der Waals surface area contributed by atoms with E-state index in [0.29, 0.717) is 16.0 Å². The second-order valence-electron chi connectivity index (χ2n) is 4.21. The summed E-state index contributed by atoms with van der Waals surface area (Å²) >= 11 is 14.5. The average Bonchev–Trinajstić information content (AvgIpc) is 2.43. The number of aromatic nitrogens is 1. The van der Waals surface area contributed by atoms with Crippen LogP contribution in [0, 0.1) is 0 Å². The predicted molar refractivity (Wildman–Crippen MR) is 91.2 cm³/mol. The van der Waals surface area contributed by atoms with Crippen LogP contribution < -0.4 is 10.6 Å². The molecule has 2 aromatic rings. The molecule has 1 unspecified atom stereocenters. The second kappa shape index (κ2) is 7.02. The zero-order valence-corrected chi connectivity index (χ0v) is 13.9. The third kappa shape index (κ3) is 4.16. The highest BCUT2D eigenvalue weighted by molar-refractivity contribution is 9.10. The van der Waals surface area contributed by atoms with Crippen molar-refractivity contribution in [3.63, 3.8) is 0 Å². The number of anilines is 1. The lowest BCUT2D eigenvalue weighted by molar-refractivity contribution is 0.722. The van der Waals surface area contributed by atoms with Gasteiger partial charge in [-0.25, -0.2) is 4.98 Å². The van der Waals surface area contributed by atoms with Gasteiger partial charge in [0.15, 0.2) is 5.11 Å².